The van der Waals surface area contributed by atoms with Gasteiger partial charge in [0.2, 0.25) is 30.2 Å². The van der Waals surface area contributed by atoms with Gasteiger partial charge in [-0.05, 0) is 142 Å². The van der Waals surface area contributed by atoms with Crippen LogP contribution in [-0.2, 0) is 107 Å². The van der Waals surface area contributed by atoms with Crippen molar-refractivity contribution in [2.45, 2.75) is 160 Å². The number of nitro groups is 1. The number of aldehydes is 1. The largest absolute Gasteiger partial charge is 0.469 e. The molecule has 8 aromatic carbocycles. The molecule has 0 spiro atoms. The smallest absolute Gasteiger partial charge is 0.410 e. The number of methoxy groups -OCH3 is 4. The van der Waals surface area contributed by atoms with E-state index < -0.39 is 28.0 Å². The molecule has 6 aliphatic heterocycles. The molecule has 0 bridgehead atoms. The highest BCUT2D eigenvalue weighted by atomic mass is 79.9. The van der Waals surface area contributed by atoms with E-state index in [0.717, 1.165) is 80.2 Å². The van der Waals surface area contributed by atoms with Crippen LogP contribution in [-0.4, -0.2) is 205 Å². The van der Waals surface area contributed by atoms with Crippen LogP contribution in [0.1, 0.15) is 192 Å². The van der Waals surface area contributed by atoms with Gasteiger partial charge in [-0.1, -0.05) is 243 Å². The summed E-state index contributed by atoms with van der Waals surface area (Å²) in [5, 5.41) is 25.1. The number of carbonyl (C=O) groups excluding carboxylic acids is 15. The number of fused-ring (bicyclic) bond motifs is 2. The molecule has 0 saturated carbocycles. The Morgan fingerprint density at radius 3 is 1.32 bits per heavy atom. The molecule has 8 heterocycles. The Hall–Kier alpha value is -13.6. The van der Waals surface area contributed by atoms with Gasteiger partial charge in [-0.3, -0.25) is 53.0 Å². The van der Waals surface area contributed by atoms with E-state index in [9.17, 15) is 62.9 Å². The minimum atomic E-state index is -0.538. The van der Waals surface area contributed by atoms with Crippen molar-refractivity contribution in [3.05, 3.63) is 318 Å². The highest BCUT2D eigenvalue weighted by Gasteiger charge is 2.40. The predicted molar refractivity (Wildman–Crippen MR) is 560 cm³/mol. The Kier molecular flexibility index (Phi) is 49.3. The van der Waals surface area contributed by atoms with Gasteiger partial charge in [0.05, 0.1) is 114 Å². The van der Waals surface area contributed by atoms with Gasteiger partial charge < -0.3 is 64.4 Å². The number of esters is 4. The molecule has 40 heteroatoms. The van der Waals surface area contributed by atoms with Gasteiger partial charge in [0.15, 0.2) is 6.29 Å². The highest BCUT2D eigenvalue weighted by molar-refractivity contribution is 9.11. The van der Waals surface area contributed by atoms with Gasteiger partial charge in [0.25, 0.3) is 0 Å². The van der Waals surface area contributed by atoms with Crippen molar-refractivity contribution in [1.29, 1.82) is 0 Å². The molecule has 35 nitrogen and oxygen atoms in total. The second kappa shape index (κ2) is 60.4. The molecule has 16 rings (SSSR count). The molecule has 6 amide bonds. The summed E-state index contributed by atoms with van der Waals surface area (Å²) >= 11 is 16.8. The first-order valence-electron chi connectivity index (χ1n) is 46.0. The van der Waals surface area contributed by atoms with Gasteiger partial charge in [-0.15, -0.1) is 0 Å². The molecule has 6 unspecified atom stereocenters. The zero-order valence-corrected chi connectivity index (χ0v) is 90.4. The normalized spacial score (nSPS) is 15.9. The van der Waals surface area contributed by atoms with Crippen LogP contribution in [0, 0.1) is 17.0 Å². The number of aryl methyl sites for hydroxylation is 1. The van der Waals surface area contributed by atoms with Crippen LogP contribution in [0.25, 0.3) is 6.08 Å². The van der Waals surface area contributed by atoms with Crippen molar-refractivity contribution in [2.24, 2.45) is 5.73 Å². The minimum absolute atomic E-state index is 0.0000926. The number of hydrogen-bond acceptors (Lipinski definition) is 26. The first-order valence-corrected chi connectivity index (χ1v) is 50.0. The number of ether oxygens (including phenoxy) is 6. The van der Waals surface area contributed by atoms with Crippen LogP contribution in [0.15, 0.2) is 241 Å². The third kappa shape index (κ3) is 37.8. The minimum Gasteiger partial charge on any atom is -0.469 e. The summed E-state index contributed by atoms with van der Waals surface area (Å²) in [6.45, 7) is 19.1. The molecule has 6 aliphatic rings. The molecule has 0 aliphatic carbocycles. The summed E-state index contributed by atoms with van der Waals surface area (Å²) in [6.07, 6.45) is 9.61. The SMILES string of the molecule is CC(C)(C)OC(=O)N1CCn2ncc(N3CC(c4ccccc4)CC3=O)c2C1.COC(=O)/C=C/c1ccccc1Br.COC(=O)CC(CN)c1ccccc1Br.COC(=O)CC(C[N+](=O)[O-])c1ccccc1Br.COC(=O)c1ccccc1C1CNC(=O)C1.Cc1ccccc1C1CC(=O)N(c2cnn3c2CN(C(=O)OC(C)(C)C)CC3)C1.O=C1CC(c2ccccc2Br)CN1.O=C=O.O=C=O.O=Cc1ccccc1Br. The molecule has 10 aromatic rings. The van der Waals surface area contributed by atoms with Crippen LogP contribution in [0.3, 0.4) is 0 Å². The van der Waals surface area contributed by atoms with E-state index >= 15 is 0 Å². The lowest BCUT2D eigenvalue weighted by Gasteiger charge is -2.31. The Bertz CT molecular complexity index is 6200. The van der Waals surface area contributed by atoms with Crippen molar-refractivity contribution in [2.75, 3.05) is 90.6 Å². The Morgan fingerprint density at radius 1 is 0.493 bits per heavy atom. The molecule has 4 saturated heterocycles. The number of halogens is 5. The maximum absolute atomic E-state index is 12.8. The van der Waals surface area contributed by atoms with Crippen LogP contribution in [0.4, 0.5) is 21.0 Å². The molecule has 4 fully saturated rings. The number of benzene rings is 8. The molecular formula is C106H117Br5N12O23. The number of anilines is 2. The third-order valence-corrected chi connectivity index (χ3v) is 26.6. The second-order valence-corrected chi connectivity index (χ2v) is 39.5. The highest BCUT2D eigenvalue weighted by Crippen LogP contribution is 2.40. The topological polar surface area (TPSA) is 453 Å². The number of amides is 6. The molecule has 146 heavy (non-hydrogen) atoms. The average Bonchev–Trinajstić information content (AvgIpc) is 1.63. The van der Waals surface area contributed by atoms with E-state index in [0.29, 0.717) is 115 Å². The van der Waals surface area contributed by atoms with Crippen molar-refractivity contribution >= 4 is 175 Å². The second-order valence-electron chi connectivity index (χ2n) is 35.2. The standard InChI is InChI=1S/C22H28N4O3.C21H26N4O3.C12H13NO3.C11H12BrNO4.C11H14BrNO2.C10H10BrNO.C10H9BrO2.C7H5BrO.2CO2/c1-15-7-5-6-8-17(15)16-11-20(27)25(13-16)18-12-23-26-10-9-24(14-19(18)26)21(28)29-22(2,3)4;1-21(2,3)28-20(27)23-9-10-25-18(14-23)17(12-22-25)24-13-16(11-19(24)26)15-7-5-4-6-8-15;1-16-12(15)10-5-3-2-4-9(10)8-6-11(14)13-7-8;1-17-11(14)6-8(7-13(15)16)9-4-2-3-5-10(9)12;1-15-11(14)6-8(7-13)9-4-2-3-5-10(9)12;11-9-4-2-1-3-8(9)7-5-10(13)12-6-7;1-13-10(12)7-6-8-4-2-3-5-9(8)11;8-7-4-2-1-3-6(7)5-9;2*2-1-3/h5-8,12,16H,9-11,13-14H2,1-4H3;4-8,12,16H,9-11,13-14H2,1-3H3;2-5,8H,6-7H2,1H3,(H,13,14);2-5,8H,6-7H2,1H3;2-5,8H,6-7,13H2,1H3;1-4,7H,5-6H2,(H,12,13);2-7H,1H3;1-5H;;/b;;;;;;7-6+;;;. The fraction of sp³-hybridized carbons (Fsp3) is 0.349. The Labute approximate surface area is 888 Å². The van der Waals surface area contributed by atoms with Crippen molar-refractivity contribution in [1.82, 2.24) is 40.0 Å². The molecule has 6 atom stereocenters. The maximum Gasteiger partial charge on any atom is 0.410 e. The maximum atomic E-state index is 12.8. The fourth-order valence-corrected chi connectivity index (χ4v) is 18.5. The third-order valence-electron chi connectivity index (χ3n) is 23.0. The lowest BCUT2D eigenvalue weighted by atomic mass is 9.93. The molecular weight excluding hydrogens is 2210 g/mol. The number of nitrogens with two attached hydrogens (primary N) is 1. The lowest BCUT2D eigenvalue weighted by Crippen LogP contribution is -2.42. The van der Waals surface area contributed by atoms with E-state index in [-0.39, 0.29) is 103 Å². The van der Waals surface area contributed by atoms with Gasteiger partial charge in [-0.25, -0.2) is 19.2 Å². The van der Waals surface area contributed by atoms with Crippen LogP contribution in [0.2, 0.25) is 0 Å². The van der Waals surface area contributed by atoms with E-state index in [4.69, 9.17) is 39.1 Å². The average molecular weight is 2330 g/mol. The Morgan fingerprint density at radius 2 is 0.897 bits per heavy atom. The summed E-state index contributed by atoms with van der Waals surface area (Å²) in [7, 11) is 5.37. The van der Waals surface area contributed by atoms with Crippen LogP contribution in [0.5, 0.6) is 0 Å². The van der Waals surface area contributed by atoms with Crippen LogP contribution >= 0.6 is 79.6 Å². The van der Waals surface area contributed by atoms with E-state index in [2.05, 4.69) is 152 Å². The van der Waals surface area contributed by atoms with Gasteiger partial charge in [-0.2, -0.15) is 29.4 Å². The molecule has 4 N–H and O–H groups in total. The molecule has 774 valence electrons. The van der Waals surface area contributed by atoms with Crippen molar-refractivity contribution in [3.8, 4) is 0 Å². The van der Waals surface area contributed by atoms with Crippen LogP contribution < -0.4 is 26.2 Å². The summed E-state index contributed by atoms with van der Waals surface area (Å²) in [4.78, 5) is 177. The first kappa shape index (κ1) is 119. The predicted octanol–water partition coefficient (Wildman–Crippen LogP) is 17.9. The van der Waals surface area contributed by atoms with Gasteiger partial charge >= 0.3 is 48.4 Å². The number of carbonyl (C=O) groups is 11. The fourth-order valence-electron chi connectivity index (χ4n) is 15.9. The number of rotatable bonds is 19. The summed E-state index contributed by atoms with van der Waals surface area (Å²) in [5.41, 5.74) is 17.7. The number of nitrogens with zero attached hydrogens (tertiary/aromatic N) is 9. The summed E-state index contributed by atoms with van der Waals surface area (Å²) < 4.78 is 37.8. The van der Waals surface area contributed by atoms with Gasteiger partial charge in [0.1, 0.15) is 11.2 Å². The number of hydrogen-bond donors (Lipinski definition) is 3. The summed E-state index contributed by atoms with van der Waals surface area (Å²) in [6, 6.07) is 63.5. The van der Waals surface area contributed by atoms with E-state index in [1.807, 2.05) is 194 Å². The van der Waals surface area contributed by atoms with Crippen molar-refractivity contribution < 1.29 is 105 Å². The quantitative estimate of drug-likeness (QED) is 0.0169. The number of aromatic nitrogens is 4. The zero-order chi connectivity index (χ0) is 107. The summed E-state index contributed by atoms with van der Waals surface area (Å²) in [5.74, 6) is -0.723. The van der Waals surface area contributed by atoms with E-state index in [1.165, 1.54) is 56.8 Å². The van der Waals surface area contributed by atoms with Gasteiger partial charge in [0, 0.05) is 133 Å². The number of nitrogens with one attached hydrogen (secondary N) is 2. The monoisotopic (exact) mass is 2320 g/mol. The lowest BCUT2D eigenvalue weighted by molar-refractivity contribution is -0.483. The van der Waals surface area contributed by atoms with Crippen molar-refractivity contribution in [3.63, 3.8) is 0 Å². The first-order chi connectivity index (χ1) is 69.7. The van der Waals surface area contributed by atoms with E-state index in [1.54, 1.807) is 64.7 Å². The zero-order valence-electron chi connectivity index (χ0n) is 82.5. The molecule has 0 radical (unpaired) electrons. The Balaban J connectivity index is 0.000000230. The molecule has 2 aromatic heterocycles.